The van der Waals surface area contributed by atoms with Gasteiger partial charge in [0.25, 0.3) is 0 Å². The number of nitrogens with one attached hydrogen (secondary N) is 2. The zero-order valence-corrected chi connectivity index (χ0v) is 28.9. The quantitative estimate of drug-likeness (QED) is 0.143. The number of hydrogen-bond acceptors (Lipinski definition) is 3. The van der Waals surface area contributed by atoms with Gasteiger partial charge in [-0.2, -0.15) is 0 Å². The van der Waals surface area contributed by atoms with Crippen LogP contribution in [0, 0.1) is 0 Å². The standard InChI is InChI=1S/C49H29N5/c1-3-12-33-28(9-1)18-21-32-26-43(54-46(32)33)44-37(36-15-7-14-35-34-13-4-6-17-40(34)52-49(35)36)27-42-38(25-31-10-2-5-16-39(31)51-42)45(44)41-23-22-30-20-19-29-11-8-24-50-47(29)48(30)53-41/h1-27,52,54H. The van der Waals surface area contributed by atoms with Crippen LogP contribution in [-0.4, -0.2) is 24.9 Å². The molecule has 12 aromatic rings. The molecule has 0 aliphatic carbocycles. The van der Waals surface area contributed by atoms with E-state index in [-0.39, 0.29) is 0 Å². The van der Waals surface area contributed by atoms with Gasteiger partial charge in [0.05, 0.1) is 38.8 Å². The molecule has 0 unspecified atom stereocenters. The Kier molecular flexibility index (Phi) is 5.99. The Morgan fingerprint density at radius 1 is 0.389 bits per heavy atom. The molecule has 7 aromatic carbocycles. The van der Waals surface area contributed by atoms with E-state index in [4.69, 9.17) is 15.0 Å². The first kappa shape index (κ1) is 29.2. The number of para-hydroxylation sites is 3. The van der Waals surface area contributed by atoms with Crippen molar-refractivity contribution in [1.82, 2.24) is 24.9 Å². The molecule has 0 radical (unpaired) electrons. The first-order valence-corrected chi connectivity index (χ1v) is 18.3. The molecule has 12 rings (SSSR count). The smallest absolute Gasteiger partial charge is 0.0972 e. The van der Waals surface area contributed by atoms with Gasteiger partial charge in [-0.25, -0.2) is 9.97 Å². The van der Waals surface area contributed by atoms with Gasteiger partial charge < -0.3 is 9.97 Å². The molecule has 0 fully saturated rings. The van der Waals surface area contributed by atoms with Crippen molar-refractivity contribution in [2.75, 3.05) is 0 Å². The molecule has 0 spiro atoms. The van der Waals surface area contributed by atoms with Crippen LogP contribution in [0.25, 0.3) is 121 Å². The van der Waals surface area contributed by atoms with Gasteiger partial charge >= 0.3 is 0 Å². The minimum Gasteiger partial charge on any atom is -0.354 e. The van der Waals surface area contributed by atoms with Crippen LogP contribution < -0.4 is 0 Å². The summed E-state index contributed by atoms with van der Waals surface area (Å²) >= 11 is 0. The minimum absolute atomic E-state index is 0.868. The molecule has 0 amide bonds. The summed E-state index contributed by atoms with van der Waals surface area (Å²) in [5, 5.41) is 10.2. The molecule has 0 aliphatic rings. The van der Waals surface area contributed by atoms with E-state index in [0.717, 1.165) is 99.2 Å². The molecule has 5 nitrogen and oxygen atoms in total. The van der Waals surface area contributed by atoms with Crippen LogP contribution in [-0.2, 0) is 0 Å². The van der Waals surface area contributed by atoms with Crippen LogP contribution in [0.15, 0.2) is 164 Å². The molecule has 0 bridgehead atoms. The summed E-state index contributed by atoms with van der Waals surface area (Å²) < 4.78 is 0. The highest BCUT2D eigenvalue weighted by molar-refractivity contribution is 6.18. The van der Waals surface area contributed by atoms with E-state index in [0.29, 0.717) is 0 Å². The number of pyridine rings is 3. The third-order valence-corrected chi connectivity index (χ3v) is 11.1. The van der Waals surface area contributed by atoms with Gasteiger partial charge in [-0.15, -0.1) is 0 Å². The molecular formula is C49H29N5. The number of benzene rings is 7. The molecule has 2 N–H and O–H groups in total. The SMILES string of the molecule is c1ccc2nc3cc(-c4cccc5c4[nH]c4ccccc45)c(-c4cc5ccc6ccccc6c5[nH]4)c(-c4ccc5ccc6cccnc6c5n4)c3cc2c1. The largest absolute Gasteiger partial charge is 0.354 e. The second-order valence-corrected chi connectivity index (χ2v) is 14.2. The minimum atomic E-state index is 0.868. The van der Waals surface area contributed by atoms with E-state index in [2.05, 4.69) is 162 Å². The Balaban J connectivity index is 1.28. The summed E-state index contributed by atoms with van der Waals surface area (Å²) in [4.78, 5) is 23.4. The van der Waals surface area contributed by atoms with Crippen molar-refractivity contribution in [3.63, 3.8) is 0 Å². The predicted molar refractivity (Wildman–Crippen MR) is 225 cm³/mol. The van der Waals surface area contributed by atoms with Crippen molar-refractivity contribution >= 4 is 87.1 Å². The van der Waals surface area contributed by atoms with Gasteiger partial charge in [0.1, 0.15) is 0 Å². The second kappa shape index (κ2) is 11.1. The zero-order valence-electron chi connectivity index (χ0n) is 28.9. The van der Waals surface area contributed by atoms with Crippen LogP contribution in [0.5, 0.6) is 0 Å². The topological polar surface area (TPSA) is 70.2 Å². The Morgan fingerprint density at radius 2 is 1.13 bits per heavy atom. The Hall–Kier alpha value is -7.37. The van der Waals surface area contributed by atoms with Crippen molar-refractivity contribution < 1.29 is 0 Å². The maximum atomic E-state index is 5.51. The van der Waals surface area contributed by atoms with Gasteiger partial charge in [-0.3, -0.25) is 4.98 Å². The first-order chi connectivity index (χ1) is 26.7. The predicted octanol–water partition coefficient (Wildman–Crippen LogP) is 12.8. The molecule has 0 saturated heterocycles. The van der Waals surface area contributed by atoms with E-state index < -0.39 is 0 Å². The van der Waals surface area contributed by atoms with E-state index in [1.54, 1.807) is 0 Å². The van der Waals surface area contributed by atoms with Crippen molar-refractivity contribution in [3.05, 3.63) is 164 Å². The number of aromatic nitrogens is 5. The number of hydrogen-bond donors (Lipinski definition) is 2. The van der Waals surface area contributed by atoms with E-state index >= 15 is 0 Å². The summed E-state index contributed by atoms with van der Waals surface area (Å²) in [5.41, 5.74) is 13.1. The van der Waals surface area contributed by atoms with E-state index in [1.165, 1.54) is 21.5 Å². The monoisotopic (exact) mass is 687 g/mol. The molecule has 5 aromatic heterocycles. The third-order valence-electron chi connectivity index (χ3n) is 11.1. The Bertz CT molecular complexity index is 3520. The number of H-pyrrole nitrogens is 2. The third kappa shape index (κ3) is 4.24. The lowest BCUT2D eigenvalue weighted by atomic mass is 9.87. The number of nitrogens with zero attached hydrogens (tertiary/aromatic N) is 3. The van der Waals surface area contributed by atoms with Gasteiger partial charge in [0.15, 0.2) is 0 Å². The summed E-state index contributed by atoms with van der Waals surface area (Å²) in [6.07, 6.45) is 1.85. The summed E-state index contributed by atoms with van der Waals surface area (Å²) in [6.45, 7) is 0. The lowest BCUT2D eigenvalue weighted by Crippen LogP contribution is -1.97. The van der Waals surface area contributed by atoms with E-state index in [1.807, 2.05) is 12.3 Å². The Labute approximate surface area is 308 Å². The van der Waals surface area contributed by atoms with E-state index in [9.17, 15) is 0 Å². The second-order valence-electron chi connectivity index (χ2n) is 14.2. The number of aromatic amines is 2. The van der Waals surface area contributed by atoms with Crippen LogP contribution in [0.3, 0.4) is 0 Å². The summed E-state index contributed by atoms with van der Waals surface area (Å²) in [5.74, 6) is 0. The highest BCUT2D eigenvalue weighted by Crippen LogP contribution is 2.47. The summed E-state index contributed by atoms with van der Waals surface area (Å²) in [7, 11) is 0. The van der Waals surface area contributed by atoms with Crippen molar-refractivity contribution in [2.24, 2.45) is 0 Å². The molecule has 0 atom stereocenters. The van der Waals surface area contributed by atoms with Crippen molar-refractivity contribution in [3.8, 4) is 33.6 Å². The lowest BCUT2D eigenvalue weighted by molar-refractivity contribution is 1.37. The van der Waals surface area contributed by atoms with Gasteiger partial charge in [-0.1, -0.05) is 115 Å². The normalized spacial score (nSPS) is 12.1. The molecular weight excluding hydrogens is 659 g/mol. The van der Waals surface area contributed by atoms with Crippen molar-refractivity contribution in [2.45, 2.75) is 0 Å². The fourth-order valence-corrected chi connectivity index (χ4v) is 8.65. The maximum absolute atomic E-state index is 5.51. The number of fused-ring (bicyclic) bond motifs is 11. The maximum Gasteiger partial charge on any atom is 0.0972 e. The average molecular weight is 688 g/mol. The van der Waals surface area contributed by atoms with Gasteiger partial charge in [-0.05, 0) is 53.4 Å². The number of rotatable bonds is 3. The molecule has 0 saturated carbocycles. The Morgan fingerprint density at radius 3 is 2.07 bits per heavy atom. The highest BCUT2D eigenvalue weighted by Gasteiger charge is 2.24. The lowest BCUT2D eigenvalue weighted by Gasteiger charge is -2.19. The average Bonchev–Trinajstić information content (AvgIpc) is 3.84. The van der Waals surface area contributed by atoms with Gasteiger partial charge in [0, 0.05) is 77.2 Å². The van der Waals surface area contributed by atoms with Crippen LogP contribution in [0.4, 0.5) is 0 Å². The molecule has 54 heavy (non-hydrogen) atoms. The van der Waals surface area contributed by atoms with Gasteiger partial charge in [0.2, 0.25) is 0 Å². The van der Waals surface area contributed by atoms with Crippen LogP contribution in [0.1, 0.15) is 0 Å². The van der Waals surface area contributed by atoms with Crippen molar-refractivity contribution in [1.29, 1.82) is 0 Å². The van der Waals surface area contributed by atoms with Crippen LogP contribution in [0.2, 0.25) is 0 Å². The molecule has 5 heteroatoms. The molecule has 5 heterocycles. The zero-order chi connectivity index (χ0) is 35.3. The highest BCUT2D eigenvalue weighted by atomic mass is 14.8. The van der Waals surface area contributed by atoms with Crippen LogP contribution >= 0.6 is 0 Å². The fraction of sp³-hybridized carbons (Fsp3) is 0. The summed E-state index contributed by atoms with van der Waals surface area (Å²) in [6, 6.07) is 56.1. The molecule has 250 valence electrons. The fourth-order valence-electron chi connectivity index (χ4n) is 8.65. The molecule has 0 aliphatic heterocycles. The first-order valence-electron chi connectivity index (χ1n) is 18.3.